The van der Waals surface area contributed by atoms with E-state index in [0.717, 1.165) is 35.4 Å². The molecule has 1 N–H and O–H groups in total. The number of hydrogen-bond donors (Lipinski definition) is 1. The smallest absolute Gasteiger partial charge is 0.249 e. The van der Waals surface area contributed by atoms with Crippen molar-refractivity contribution in [2.24, 2.45) is 0 Å². The highest BCUT2D eigenvalue weighted by Crippen LogP contribution is 2.24. The van der Waals surface area contributed by atoms with Crippen molar-refractivity contribution in [1.29, 1.82) is 0 Å². The van der Waals surface area contributed by atoms with E-state index in [4.69, 9.17) is 4.74 Å². The minimum atomic E-state index is -1.15. The first kappa shape index (κ1) is 26.4. The Kier molecular flexibility index (Phi) is 7.60. The second kappa shape index (κ2) is 11.2. The Hall–Kier alpha value is -4.24. The van der Waals surface area contributed by atoms with E-state index in [0.29, 0.717) is 24.4 Å². The summed E-state index contributed by atoms with van der Waals surface area (Å²) in [4.78, 5) is 31.3. The summed E-state index contributed by atoms with van der Waals surface area (Å²) in [7, 11) is 0. The van der Waals surface area contributed by atoms with Crippen molar-refractivity contribution < 1.29 is 14.3 Å². The van der Waals surface area contributed by atoms with Gasteiger partial charge in [0.15, 0.2) is 0 Å². The summed E-state index contributed by atoms with van der Waals surface area (Å²) in [6.07, 6.45) is 0. The largest absolute Gasteiger partial charge is 0.378 e. The lowest BCUT2D eigenvalue weighted by Crippen LogP contribution is -2.55. The molecule has 0 aliphatic carbocycles. The number of aromatic nitrogens is 3. The topological polar surface area (TPSA) is 92.6 Å². The molecule has 9 nitrogen and oxygen atoms in total. The number of nitrogens with zero attached hydrogens (tertiary/aromatic N) is 5. The zero-order valence-corrected chi connectivity index (χ0v) is 22.6. The molecule has 2 heterocycles. The fourth-order valence-corrected chi connectivity index (χ4v) is 4.70. The maximum absolute atomic E-state index is 13.8. The molecule has 9 heteroatoms. The monoisotopic (exact) mass is 526 g/mol. The molecular formula is C30H34N6O3. The van der Waals surface area contributed by atoms with E-state index >= 15 is 0 Å². The van der Waals surface area contributed by atoms with Crippen LogP contribution in [0.2, 0.25) is 0 Å². The van der Waals surface area contributed by atoms with E-state index in [-0.39, 0.29) is 24.9 Å². The molecule has 0 atom stereocenters. The Balaban J connectivity index is 1.36. The first-order chi connectivity index (χ1) is 18.8. The van der Waals surface area contributed by atoms with Gasteiger partial charge in [0.1, 0.15) is 17.6 Å². The third-order valence-corrected chi connectivity index (χ3v) is 7.20. The highest BCUT2D eigenvalue weighted by molar-refractivity contribution is 6.00. The van der Waals surface area contributed by atoms with Crippen LogP contribution < -0.4 is 10.2 Å². The number of aryl methyl sites for hydroxylation is 1. The van der Waals surface area contributed by atoms with Crippen molar-refractivity contribution in [3.05, 3.63) is 83.9 Å². The minimum absolute atomic E-state index is 0.0304. The SMILES string of the molecule is Cc1ccc(CN(C(=O)Cn2nnc3ccccc32)C(C)(C)C(=O)Nc2ccc(N3CCOCC3)cc2)cc1. The van der Waals surface area contributed by atoms with Gasteiger partial charge in [0, 0.05) is 31.0 Å². The minimum Gasteiger partial charge on any atom is -0.378 e. The molecule has 0 unspecified atom stereocenters. The Morgan fingerprint density at radius 1 is 0.974 bits per heavy atom. The number of hydrogen-bond acceptors (Lipinski definition) is 6. The number of anilines is 2. The number of para-hydroxylation sites is 1. The third kappa shape index (κ3) is 5.93. The van der Waals surface area contributed by atoms with Crippen LogP contribution in [-0.2, 0) is 27.4 Å². The second-order valence-corrected chi connectivity index (χ2v) is 10.4. The molecule has 1 aliphatic heterocycles. The third-order valence-electron chi connectivity index (χ3n) is 7.20. The van der Waals surface area contributed by atoms with E-state index < -0.39 is 5.54 Å². The lowest BCUT2D eigenvalue weighted by molar-refractivity contribution is -0.145. The van der Waals surface area contributed by atoms with Gasteiger partial charge in [0.2, 0.25) is 11.8 Å². The number of nitrogens with one attached hydrogen (secondary N) is 1. The van der Waals surface area contributed by atoms with E-state index in [1.54, 1.807) is 23.4 Å². The van der Waals surface area contributed by atoms with Gasteiger partial charge >= 0.3 is 0 Å². The summed E-state index contributed by atoms with van der Waals surface area (Å²) < 4.78 is 7.02. The number of benzene rings is 3. The molecule has 5 rings (SSSR count). The maximum Gasteiger partial charge on any atom is 0.249 e. The average molecular weight is 527 g/mol. The number of fused-ring (bicyclic) bond motifs is 1. The van der Waals surface area contributed by atoms with Crippen LogP contribution >= 0.6 is 0 Å². The van der Waals surface area contributed by atoms with E-state index in [9.17, 15) is 9.59 Å². The Morgan fingerprint density at radius 3 is 2.38 bits per heavy atom. The molecule has 0 bridgehead atoms. The van der Waals surface area contributed by atoms with Gasteiger partial charge in [-0.05, 0) is 62.7 Å². The van der Waals surface area contributed by atoms with E-state index in [1.807, 2.05) is 79.7 Å². The fraction of sp³-hybridized carbons (Fsp3) is 0.333. The number of carbonyl (C=O) groups is 2. The van der Waals surface area contributed by atoms with Gasteiger partial charge in [-0.15, -0.1) is 5.10 Å². The van der Waals surface area contributed by atoms with Crippen LogP contribution in [0.1, 0.15) is 25.0 Å². The Morgan fingerprint density at radius 2 is 1.67 bits per heavy atom. The van der Waals surface area contributed by atoms with Crippen LogP contribution in [0.4, 0.5) is 11.4 Å². The number of amides is 2. The first-order valence-electron chi connectivity index (χ1n) is 13.2. The van der Waals surface area contributed by atoms with Gasteiger partial charge < -0.3 is 19.9 Å². The number of ether oxygens (including phenoxy) is 1. The van der Waals surface area contributed by atoms with Gasteiger partial charge in [0.25, 0.3) is 0 Å². The molecule has 1 saturated heterocycles. The fourth-order valence-electron chi connectivity index (χ4n) is 4.70. The van der Waals surface area contributed by atoms with Crippen molar-refractivity contribution in [3.63, 3.8) is 0 Å². The zero-order chi connectivity index (χ0) is 27.4. The van der Waals surface area contributed by atoms with Crippen LogP contribution in [0.25, 0.3) is 11.0 Å². The molecule has 0 saturated carbocycles. The van der Waals surface area contributed by atoms with Crippen LogP contribution in [0, 0.1) is 6.92 Å². The van der Waals surface area contributed by atoms with Crippen LogP contribution in [0.5, 0.6) is 0 Å². The van der Waals surface area contributed by atoms with Gasteiger partial charge in [0.05, 0.1) is 18.7 Å². The molecule has 1 aliphatic rings. The predicted octanol–water partition coefficient (Wildman–Crippen LogP) is 4.02. The van der Waals surface area contributed by atoms with Crippen LogP contribution in [0.15, 0.2) is 72.8 Å². The van der Waals surface area contributed by atoms with Crippen molar-refractivity contribution >= 4 is 34.2 Å². The van der Waals surface area contributed by atoms with Gasteiger partial charge in [-0.25, -0.2) is 4.68 Å². The molecule has 202 valence electrons. The molecule has 1 fully saturated rings. The molecule has 39 heavy (non-hydrogen) atoms. The van der Waals surface area contributed by atoms with Gasteiger partial charge in [-0.2, -0.15) is 0 Å². The number of rotatable bonds is 8. The number of carbonyl (C=O) groups excluding carboxylic acids is 2. The van der Waals surface area contributed by atoms with Gasteiger partial charge in [-0.3, -0.25) is 9.59 Å². The highest BCUT2D eigenvalue weighted by atomic mass is 16.5. The molecule has 1 aromatic heterocycles. The lowest BCUT2D eigenvalue weighted by atomic mass is 9.99. The molecule has 2 amide bonds. The average Bonchev–Trinajstić information content (AvgIpc) is 3.36. The summed E-state index contributed by atoms with van der Waals surface area (Å²) in [5.41, 5.74) is 4.16. The van der Waals surface area contributed by atoms with Crippen molar-refractivity contribution in [3.8, 4) is 0 Å². The van der Waals surface area contributed by atoms with E-state index in [1.165, 1.54) is 0 Å². The maximum atomic E-state index is 13.8. The normalized spacial score (nSPS) is 13.9. The van der Waals surface area contributed by atoms with Crippen LogP contribution in [-0.4, -0.2) is 63.6 Å². The van der Waals surface area contributed by atoms with Crippen molar-refractivity contribution in [1.82, 2.24) is 19.9 Å². The summed E-state index contributed by atoms with van der Waals surface area (Å²) in [6.45, 7) is 8.92. The lowest BCUT2D eigenvalue weighted by Gasteiger charge is -2.37. The molecule has 4 aromatic rings. The van der Waals surface area contributed by atoms with Crippen molar-refractivity contribution in [2.75, 3.05) is 36.5 Å². The number of morpholine rings is 1. The van der Waals surface area contributed by atoms with Crippen molar-refractivity contribution in [2.45, 2.75) is 39.4 Å². The summed E-state index contributed by atoms with van der Waals surface area (Å²) >= 11 is 0. The molecular weight excluding hydrogens is 492 g/mol. The molecule has 0 spiro atoms. The summed E-state index contributed by atoms with van der Waals surface area (Å²) in [5, 5.41) is 11.4. The standard InChI is InChI=1S/C30H34N6O3/c1-22-8-10-23(11-9-22)20-35(28(37)21-36-27-7-5-4-6-26(27)32-33-36)30(2,3)29(38)31-24-12-14-25(15-13-24)34-16-18-39-19-17-34/h4-15H,16-21H2,1-3H3,(H,31,38). The summed E-state index contributed by atoms with van der Waals surface area (Å²) in [5.74, 6) is -0.500. The van der Waals surface area contributed by atoms with E-state index in [2.05, 4.69) is 20.5 Å². The molecule has 3 aromatic carbocycles. The Labute approximate surface area is 228 Å². The first-order valence-corrected chi connectivity index (χ1v) is 13.2. The van der Waals surface area contributed by atoms with Gasteiger partial charge in [-0.1, -0.05) is 47.2 Å². The quantitative estimate of drug-likeness (QED) is 0.373. The Bertz CT molecular complexity index is 1440. The molecule has 0 radical (unpaired) electrons. The zero-order valence-electron chi connectivity index (χ0n) is 22.6. The summed E-state index contributed by atoms with van der Waals surface area (Å²) in [6, 6.07) is 23.3. The highest BCUT2D eigenvalue weighted by Gasteiger charge is 2.38. The van der Waals surface area contributed by atoms with Crippen LogP contribution in [0.3, 0.4) is 0 Å². The second-order valence-electron chi connectivity index (χ2n) is 10.4. The predicted molar refractivity (Wildman–Crippen MR) is 151 cm³/mol.